The highest BCUT2D eigenvalue weighted by atomic mass is 16.3. The number of carbonyl (C=O) groups excluding carboxylic acids is 2. The summed E-state index contributed by atoms with van der Waals surface area (Å²) in [5.41, 5.74) is 4.82. The van der Waals surface area contributed by atoms with Crippen LogP contribution in [-0.2, 0) is 16.0 Å². The van der Waals surface area contributed by atoms with Crippen molar-refractivity contribution in [3.05, 3.63) is 71.8 Å². The molecule has 6 nitrogen and oxygen atoms in total. The number of nitrogens with one attached hydrogen (secondary N) is 2. The van der Waals surface area contributed by atoms with E-state index in [0.717, 1.165) is 5.56 Å². The van der Waals surface area contributed by atoms with Gasteiger partial charge in [0.05, 0.1) is 6.21 Å². The van der Waals surface area contributed by atoms with Crippen LogP contribution in [-0.4, -0.2) is 23.1 Å². The van der Waals surface area contributed by atoms with Crippen molar-refractivity contribution in [3.63, 3.8) is 0 Å². The number of aryl methyl sites for hydroxylation is 1. The standard InChI is InChI=1S/C19H19N3O3/c1-3-5-14-6-4-7-15(17(14)23)12-20-22-19(25)18(24)21-16-10-8-13(2)9-11-16/h3-4,6-12,23H,1,5H2,2H3,(H,21,24)(H,22,25)/b20-12-. The van der Waals surface area contributed by atoms with Gasteiger partial charge in [-0.15, -0.1) is 6.58 Å². The highest BCUT2D eigenvalue weighted by molar-refractivity contribution is 6.39. The Morgan fingerprint density at radius 2 is 1.88 bits per heavy atom. The third-order valence-corrected chi connectivity index (χ3v) is 3.40. The van der Waals surface area contributed by atoms with Gasteiger partial charge in [-0.2, -0.15) is 5.10 Å². The molecule has 0 spiro atoms. The first kappa shape index (κ1) is 17.9. The number of amides is 2. The fourth-order valence-electron chi connectivity index (χ4n) is 2.07. The fraction of sp³-hybridized carbons (Fsp3) is 0.105. The topological polar surface area (TPSA) is 90.8 Å². The summed E-state index contributed by atoms with van der Waals surface area (Å²) in [4.78, 5) is 23.5. The Bertz CT molecular complexity index is 811. The summed E-state index contributed by atoms with van der Waals surface area (Å²) in [5.74, 6) is -1.67. The highest BCUT2D eigenvalue weighted by Gasteiger charge is 2.12. The lowest BCUT2D eigenvalue weighted by Gasteiger charge is -2.05. The Morgan fingerprint density at radius 1 is 1.16 bits per heavy atom. The van der Waals surface area contributed by atoms with Crippen molar-refractivity contribution >= 4 is 23.7 Å². The number of benzene rings is 2. The Morgan fingerprint density at radius 3 is 2.56 bits per heavy atom. The van der Waals surface area contributed by atoms with E-state index in [2.05, 4.69) is 22.4 Å². The van der Waals surface area contributed by atoms with Gasteiger partial charge in [0, 0.05) is 11.3 Å². The minimum atomic E-state index is -0.904. The maximum absolute atomic E-state index is 11.8. The molecule has 2 amide bonds. The maximum atomic E-state index is 11.8. The quantitative estimate of drug-likeness (QED) is 0.339. The molecule has 0 bridgehead atoms. The van der Waals surface area contributed by atoms with E-state index in [1.54, 1.807) is 36.4 Å². The zero-order valence-electron chi connectivity index (χ0n) is 13.8. The van der Waals surface area contributed by atoms with E-state index in [-0.39, 0.29) is 5.75 Å². The van der Waals surface area contributed by atoms with Crippen molar-refractivity contribution in [2.75, 3.05) is 5.32 Å². The molecule has 3 N–H and O–H groups in total. The van der Waals surface area contributed by atoms with Crippen LogP contribution in [0, 0.1) is 6.92 Å². The second-order valence-corrected chi connectivity index (χ2v) is 5.37. The molecule has 0 heterocycles. The van der Waals surface area contributed by atoms with E-state index in [0.29, 0.717) is 23.2 Å². The molecule has 6 heteroatoms. The number of hydrogen-bond acceptors (Lipinski definition) is 4. The molecule has 2 aromatic rings. The van der Waals surface area contributed by atoms with E-state index < -0.39 is 11.8 Å². The van der Waals surface area contributed by atoms with Crippen molar-refractivity contribution in [3.8, 4) is 5.75 Å². The Kier molecular flexibility index (Phi) is 6.06. The van der Waals surface area contributed by atoms with Crippen LogP contribution in [0.15, 0.2) is 60.2 Å². The lowest BCUT2D eigenvalue weighted by Crippen LogP contribution is -2.32. The van der Waals surface area contributed by atoms with Crippen LogP contribution in [0.3, 0.4) is 0 Å². The molecule has 0 aliphatic rings. The summed E-state index contributed by atoms with van der Waals surface area (Å²) >= 11 is 0. The molecule has 0 aliphatic heterocycles. The van der Waals surface area contributed by atoms with Crippen LogP contribution in [0.5, 0.6) is 5.75 Å². The van der Waals surface area contributed by atoms with Crippen molar-refractivity contribution in [1.82, 2.24) is 5.43 Å². The number of para-hydroxylation sites is 1. The molecule has 0 saturated heterocycles. The fourth-order valence-corrected chi connectivity index (χ4v) is 2.07. The second-order valence-electron chi connectivity index (χ2n) is 5.37. The van der Waals surface area contributed by atoms with Crippen molar-refractivity contribution in [2.45, 2.75) is 13.3 Å². The molecule has 0 atom stereocenters. The van der Waals surface area contributed by atoms with Crippen molar-refractivity contribution in [1.29, 1.82) is 0 Å². The molecular formula is C19H19N3O3. The van der Waals surface area contributed by atoms with Gasteiger partial charge in [0.2, 0.25) is 0 Å². The van der Waals surface area contributed by atoms with E-state index in [1.807, 2.05) is 19.1 Å². The first-order valence-electron chi connectivity index (χ1n) is 7.64. The number of hydrazone groups is 1. The van der Waals surface area contributed by atoms with Gasteiger partial charge >= 0.3 is 11.8 Å². The van der Waals surface area contributed by atoms with Gasteiger partial charge in [0.15, 0.2) is 0 Å². The lowest BCUT2D eigenvalue weighted by atomic mass is 10.1. The van der Waals surface area contributed by atoms with Gasteiger partial charge in [0.25, 0.3) is 0 Å². The highest BCUT2D eigenvalue weighted by Crippen LogP contribution is 2.21. The predicted octanol–water partition coefficient (Wildman–Crippen LogP) is 2.52. The molecule has 25 heavy (non-hydrogen) atoms. The van der Waals surface area contributed by atoms with Crippen molar-refractivity contribution in [2.24, 2.45) is 5.10 Å². The van der Waals surface area contributed by atoms with Crippen LogP contribution in [0.1, 0.15) is 16.7 Å². The van der Waals surface area contributed by atoms with E-state index in [4.69, 9.17) is 0 Å². The zero-order chi connectivity index (χ0) is 18.2. The Hall–Kier alpha value is -3.41. The number of phenols is 1. The van der Waals surface area contributed by atoms with Gasteiger partial charge in [-0.25, -0.2) is 5.43 Å². The number of nitrogens with zero attached hydrogens (tertiary/aromatic N) is 1. The summed E-state index contributed by atoms with van der Waals surface area (Å²) in [6, 6.07) is 12.2. The molecule has 2 aromatic carbocycles. The summed E-state index contributed by atoms with van der Waals surface area (Å²) in [7, 11) is 0. The van der Waals surface area contributed by atoms with Crippen LogP contribution < -0.4 is 10.7 Å². The first-order chi connectivity index (χ1) is 12.0. The van der Waals surface area contributed by atoms with Gasteiger partial charge < -0.3 is 10.4 Å². The lowest BCUT2D eigenvalue weighted by molar-refractivity contribution is -0.136. The number of anilines is 1. The predicted molar refractivity (Wildman–Crippen MR) is 97.6 cm³/mol. The molecule has 0 fully saturated rings. The Labute approximate surface area is 145 Å². The van der Waals surface area contributed by atoms with Crippen LogP contribution >= 0.6 is 0 Å². The normalized spacial score (nSPS) is 10.4. The average Bonchev–Trinajstić information content (AvgIpc) is 2.60. The number of rotatable bonds is 5. The Balaban J connectivity index is 1.96. The molecule has 0 aliphatic carbocycles. The minimum absolute atomic E-state index is 0.0597. The van der Waals surface area contributed by atoms with E-state index in [1.165, 1.54) is 6.21 Å². The minimum Gasteiger partial charge on any atom is -0.507 e. The number of hydrogen-bond donors (Lipinski definition) is 3. The van der Waals surface area contributed by atoms with Gasteiger partial charge in [-0.3, -0.25) is 9.59 Å². The zero-order valence-corrected chi connectivity index (χ0v) is 13.8. The third-order valence-electron chi connectivity index (χ3n) is 3.40. The van der Waals surface area contributed by atoms with Crippen LogP contribution in [0.25, 0.3) is 0 Å². The third kappa shape index (κ3) is 5.04. The van der Waals surface area contributed by atoms with Gasteiger partial charge in [-0.05, 0) is 37.1 Å². The monoisotopic (exact) mass is 337 g/mol. The molecule has 0 unspecified atom stereocenters. The van der Waals surface area contributed by atoms with Crippen molar-refractivity contribution < 1.29 is 14.7 Å². The molecule has 2 rings (SSSR count). The van der Waals surface area contributed by atoms with Crippen LogP contribution in [0.4, 0.5) is 5.69 Å². The smallest absolute Gasteiger partial charge is 0.329 e. The summed E-state index contributed by atoms with van der Waals surface area (Å²) in [6.07, 6.45) is 3.46. The molecule has 0 aromatic heterocycles. The van der Waals surface area contributed by atoms with Gasteiger partial charge in [0.1, 0.15) is 5.75 Å². The maximum Gasteiger partial charge on any atom is 0.329 e. The SMILES string of the molecule is C=CCc1cccc(/C=N\NC(=O)C(=O)Nc2ccc(C)cc2)c1O. The number of allylic oxidation sites excluding steroid dienone is 1. The number of aromatic hydroxyl groups is 1. The average molecular weight is 337 g/mol. The van der Waals surface area contributed by atoms with Crippen LogP contribution in [0.2, 0.25) is 0 Å². The largest absolute Gasteiger partial charge is 0.507 e. The second kappa shape index (κ2) is 8.44. The first-order valence-corrected chi connectivity index (χ1v) is 7.64. The molecule has 0 saturated carbocycles. The van der Waals surface area contributed by atoms with Gasteiger partial charge in [-0.1, -0.05) is 35.9 Å². The molecule has 128 valence electrons. The molecular weight excluding hydrogens is 318 g/mol. The summed E-state index contributed by atoms with van der Waals surface area (Å²) in [6.45, 7) is 5.55. The van der Waals surface area contributed by atoms with E-state index in [9.17, 15) is 14.7 Å². The summed E-state index contributed by atoms with van der Waals surface area (Å²) < 4.78 is 0. The van der Waals surface area contributed by atoms with E-state index >= 15 is 0 Å². The number of phenolic OH excluding ortho intramolecular Hbond substituents is 1. The summed E-state index contributed by atoms with van der Waals surface area (Å²) in [5, 5.41) is 16.3. The molecule has 0 radical (unpaired) electrons. The number of carbonyl (C=O) groups is 2.